The lowest BCUT2D eigenvalue weighted by Gasteiger charge is -2.14. The third kappa shape index (κ3) is 5.25. The van der Waals surface area contributed by atoms with Crippen molar-refractivity contribution in [2.24, 2.45) is 0 Å². The van der Waals surface area contributed by atoms with Gasteiger partial charge in [0.2, 0.25) is 5.91 Å². The number of para-hydroxylation sites is 2. The van der Waals surface area contributed by atoms with E-state index in [0.717, 1.165) is 10.0 Å². The van der Waals surface area contributed by atoms with E-state index >= 15 is 0 Å². The topological polar surface area (TPSA) is 51.2 Å². The Balaban J connectivity index is 1.82. The molecule has 0 bridgehead atoms. The van der Waals surface area contributed by atoms with Crippen molar-refractivity contribution in [2.75, 3.05) is 18.2 Å². The fourth-order valence-electron chi connectivity index (χ4n) is 1.86. The van der Waals surface area contributed by atoms with Crippen molar-refractivity contribution in [3.05, 3.63) is 35.3 Å². The third-order valence-corrected chi connectivity index (χ3v) is 5.21. The highest BCUT2D eigenvalue weighted by Gasteiger charge is 2.17. The summed E-state index contributed by atoms with van der Waals surface area (Å²) in [6.07, 6.45) is 0.438. The number of nitrogens with zero attached hydrogens (tertiary/aromatic N) is 1. The molecule has 1 N–H and O–H groups in total. The largest absolute Gasteiger partial charge is 0.495 e. The van der Waals surface area contributed by atoms with Crippen molar-refractivity contribution < 1.29 is 9.53 Å². The van der Waals surface area contributed by atoms with Gasteiger partial charge in [-0.2, -0.15) is 0 Å². The molecule has 6 heteroatoms. The second-order valence-corrected chi connectivity index (χ2v) is 8.30. The Morgan fingerprint density at radius 3 is 2.74 bits per heavy atom. The molecule has 2 rings (SSSR count). The zero-order valence-electron chi connectivity index (χ0n) is 13.9. The molecule has 0 fully saturated rings. The molecule has 0 unspecified atom stereocenters. The number of aromatic nitrogens is 1. The van der Waals surface area contributed by atoms with Crippen LogP contribution in [0.2, 0.25) is 0 Å². The van der Waals surface area contributed by atoms with Crippen molar-refractivity contribution in [3.8, 4) is 5.75 Å². The third-order valence-electron chi connectivity index (χ3n) is 3.19. The van der Waals surface area contributed by atoms with Gasteiger partial charge >= 0.3 is 0 Å². The van der Waals surface area contributed by atoms with Crippen molar-refractivity contribution in [3.63, 3.8) is 0 Å². The van der Waals surface area contributed by atoms with E-state index < -0.39 is 0 Å². The fraction of sp³-hybridized carbons (Fsp3) is 0.412. The van der Waals surface area contributed by atoms with Gasteiger partial charge in [0.1, 0.15) is 10.1 Å². The van der Waals surface area contributed by atoms with E-state index in [9.17, 15) is 4.79 Å². The zero-order chi connectivity index (χ0) is 16.9. The van der Waals surface area contributed by atoms with E-state index in [1.54, 1.807) is 30.2 Å². The Morgan fingerprint density at radius 1 is 1.35 bits per heavy atom. The number of anilines is 1. The number of thioether (sulfide) groups is 1. The highest BCUT2D eigenvalue weighted by molar-refractivity contribution is 8.01. The standard InChI is InChI=1S/C17H22N2O2S2/c1-17(2,3)14-11-23-16(19-14)22-10-9-15(20)18-12-7-5-6-8-13(12)21-4/h5-8,11H,9-10H2,1-4H3,(H,18,20). The number of nitrogens with one attached hydrogen (secondary N) is 1. The van der Waals surface area contributed by atoms with E-state index in [-0.39, 0.29) is 11.3 Å². The maximum absolute atomic E-state index is 12.0. The molecule has 0 radical (unpaired) electrons. The number of carbonyl (C=O) groups is 1. The molecule has 1 amide bonds. The SMILES string of the molecule is COc1ccccc1NC(=O)CCSc1nc(C(C)(C)C)cs1. The van der Waals surface area contributed by atoms with E-state index in [1.165, 1.54) is 0 Å². The molecule has 23 heavy (non-hydrogen) atoms. The maximum atomic E-state index is 12.0. The quantitative estimate of drug-likeness (QED) is 0.775. The summed E-state index contributed by atoms with van der Waals surface area (Å²) < 4.78 is 6.24. The number of ether oxygens (including phenoxy) is 1. The summed E-state index contributed by atoms with van der Waals surface area (Å²) in [6, 6.07) is 7.41. The Labute approximate surface area is 145 Å². The van der Waals surface area contributed by atoms with Gasteiger partial charge in [-0.05, 0) is 12.1 Å². The van der Waals surface area contributed by atoms with Crippen molar-refractivity contribution in [1.82, 2.24) is 4.98 Å². The van der Waals surface area contributed by atoms with E-state index in [4.69, 9.17) is 4.74 Å². The molecule has 0 atom stereocenters. The molecule has 1 aromatic carbocycles. The van der Waals surface area contributed by atoms with Gasteiger partial charge in [-0.3, -0.25) is 4.79 Å². The molecule has 0 aliphatic carbocycles. The van der Waals surface area contributed by atoms with Gasteiger partial charge in [0.25, 0.3) is 0 Å². The van der Waals surface area contributed by atoms with Crippen LogP contribution in [0.3, 0.4) is 0 Å². The second-order valence-electron chi connectivity index (χ2n) is 6.10. The number of methoxy groups -OCH3 is 1. The molecule has 0 aliphatic rings. The Hall–Kier alpha value is -1.53. The molecule has 4 nitrogen and oxygen atoms in total. The van der Waals surface area contributed by atoms with E-state index in [2.05, 4.69) is 36.5 Å². The molecule has 1 heterocycles. The van der Waals surface area contributed by atoms with Crippen LogP contribution in [0.5, 0.6) is 5.75 Å². The van der Waals surface area contributed by atoms with Crippen LogP contribution in [0.25, 0.3) is 0 Å². The molecule has 2 aromatic rings. The highest BCUT2D eigenvalue weighted by Crippen LogP contribution is 2.29. The lowest BCUT2D eigenvalue weighted by molar-refractivity contribution is -0.115. The molecule has 0 saturated heterocycles. The van der Waals surface area contributed by atoms with Crippen molar-refractivity contribution in [1.29, 1.82) is 0 Å². The number of amides is 1. The predicted molar refractivity (Wildman–Crippen MR) is 97.8 cm³/mol. The van der Waals surface area contributed by atoms with Crippen LogP contribution in [0.1, 0.15) is 32.9 Å². The normalized spacial score (nSPS) is 11.3. The van der Waals surface area contributed by atoms with Gasteiger partial charge in [0.05, 0.1) is 18.5 Å². The number of thiazole rings is 1. The van der Waals surface area contributed by atoms with Gasteiger partial charge in [-0.15, -0.1) is 11.3 Å². The van der Waals surface area contributed by atoms with Crippen LogP contribution >= 0.6 is 23.1 Å². The monoisotopic (exact) mass is 350 g/mol. The van der Waals surface area contributed by atoms with E-state index in [1.807, 2.05) is 24.3 Å². The molecular weight excluding hydrogens is 328 g/mol. The fourth-order valence-corrected chi connectivity index (χ4v) is 3.92. The minimum absolute atomic E-state index is 0.0189. The summed E-state index contributed by atoms with van der Waals surface area (Å²) in [7, 11) is 1.59. The molecule has 0 aliphatic heterocycles. The number of hydrogen-bond acceptors (Lipinski definition) is 5. The van der Waals surface area contributed by atoms with Crippen LogP contribution in [-0.2, 0) is 10.2 Å². The van der Waals surface area contributed by atoms with Gasteiger partial charge in [-0.1, -0.05) is 44.7 Å². The first-order valence-corrected chi connectivity index (χ1v) is 9.28. The molecule has 0 spiro atoms. The summed E-state index contributed by atoms with van der Waals surface area (Å²) in [4.78, 5) is 16.7. The first-order chi connectivity index (χ1) is 10.9. The Morgan fingerprint density at radius 2 is 2.09 bits per heavy atom. The molecule has 1 aromatic heterocycles. The minimum Gasteiger partial charge on any atom is -0.495 e. The molecule has 0 saturated carbocycles. The first-order valence-electron chi connectivity index (χ1n) is 7.42. The van der Waals surface area contributed by atoms with Crippen LogP contribution < -0.4 is 10.1 Å². The van der Waals surface area contributed by atoms with Gasteiger partial charge in [-0.25, -0.2) is 4.98 Å². The minimum atomic E-state index is -0.0189. The summed E-state index contributed by atoms with van der Waals surface area (Å²) in [5, 5.41) is 4.98. The Kier molecular flexibility index (Phi) is 6.07. The molecular formula is C17H22N2O2S2. The Bertz CT molecular complexity index is 663. The maximum Gasteiger partial charge on any atom is 0.225 e. The lowest BCUT2D eigenvalue weighted by Crippen LogP contribution is -2.13. The van der Waals surface area contributed by atoms with Crippen molar-refractivity contribution in [2.45, 2.75) is 36.9 Å². The first kappa shape index (κ1) is 17.8. The van der Waals surface area contributed by atoms with Gasteiger partial charge < -0.3 is 10.1 Å². The molecule has 124 valence electrons. The van der Waals surface area contributed by atoms with Crippen LogP contribution in [0.15, 0.2) is 34.0 Å². The van der Waals surface area contributed by atoms with Gasteiger partial charge in [0.15, 0.2) is 0 Å². The van der Waals surface area contributed by atoms with Crippen LogP contribution in [0.4, 0.5) is 5.69 Å². The van der Waals surface area contributed by atoms with Gasteiger partial charge in [0, 0.05) is 23.0 Å². The van der Waals surface area contributed by atoms with Crippen LogP contribution in [-0.4, -0.2) is 23.8 Å². The van der Waals surface area contributed by atoms with Crippen LogP contribution in [0, 0.1) is 0 Å². The number of rotatable bonds is 6. The lowest BCUT2D eigenvalue weighted by atomic mass is 9.93. The average molecular weight is 351 g/mol. The summed E-state index contributed by atoms with van der Waals surface area (Å²) in [5.74, 6) is 1.36. The zero-order valence-corrected chi connectivity index (χ0v) is 15.5. The average Bonchev–Trinajstić information content (AvgIpc) is 2.97. The smallest absolute Gasteiger partial charge is 0.225 e. The number of benzene rings is 1. The number of hydrogen-bond donors (Lipinski definition) is 1. The predicted octanol–water partition coefficient (Wildman–Crippen LogP) is 4.57. The highest BCUT2D eigenvalue weighted by atomic mass is 32.2. The number of carbonyl (C=O) groups excluding carboxylic acids is 1. The van der Waals surface area contributed by atoms with Crippen molar-refractivity contribution >= 4 is 34.7 Å². The van der Waals surface area contributed by atoms with E-state index in [0.29, 0.717) is 23.6 Å². The second kappa shape index (κ2) is 7.84. The summed E-state index contributed by atoms with van der Waals surface area (Å²) in [6.45, 7) is 6.45. The summed E-state index contributed by atoms with van der Waals surface area (Å²) >= 11 is 3.26. The summed E-state index contributed by atoms with van der Waals surface area (Å²) in [5.41, 5.74) is 1.87.